The average molecular weight is 1300 g/mol. The molecule has 0 aliphatic carbocycles. The van der Waals surface area contributed by atoms with Crippen LogP contribution in [0.2, 0.25) is 0 Å². The van der Waals surface area contributed by atoms with Gasteiger partial charge in [-0.3, -0.25) is 0 Å². The van der Waals surface area contributed by atoms with Crippen molar-refractivity contribution in [2.75, 3.05) is 0 Å². The van der Waals surface area contributed by atoms with Gasteiger partial charge in [0.25, 0.3) is 0 Å². The third-order valence-electron chi connectivity index (χ3n) is 20.3. The van der Waals surface area contributed by atoms with Gasteiger partial charge in [-0.15, -0.1) is 0 Å². The molecule has 21 aromatic rings. The minimum absolute atomic E-state index is 0.706. The number of rotatable bonds is 9. The third-order valence-corrected chi connectivity index (χ3v) is 20.3. The van der Waals surface area contributed by atoms with Crippen LogP contribution in [0.3, 0.4) is 0 Å². The first-order chi connectivity index (χ1) is 50.6. The zero-order chi connectivity index (χ0) is 67.2. The van der Waals surface area contributed by atoms with E-state index >= 15 is 0 Å². The van der Waals surface area contributed by atoms with E-state index in [0.29, 0.717) is 11.6 Å². The average Bonchev–Trinajstić information content (AvgIpc) is 1.56. The number of hydrogen-bond donors (Lipinski definition) is 0. The molecule has 0 N–H and O–H groups in total. The summed E-state index contributed by atoms with van der Waals surface area (Å²) in [6, 6.07) is 125. The summed E-state index contributed by atoms with van der Waals surface area (Å²) in [6.07, 6.45) is 4.36. The van der Waals surface area contributed by atoms with E-state index in [9.17, 15) is 0 Å². The Kier molecular flexibility index (Phi) is 13.7. The second-order valence-electron chi connectivity index (χ2n) is 26.1. The highest BCUT2D eigenvalue weighted by Gasteiger charge is 2.22. The van der Waals surface area contributed by atoms with Crippen molar-refractivity contribution in [1.29, 1.82) is 0 Å². The van der Waals surface area contributed by atoms with Crippen LogP contribution in [0.15, 0.2) is 364 Å². The van der Waals surface area contributed by atoms with Crippen LogP contribution < -0.4 is 0 Å². The van der Waals surface area contributed by atoms with Crippen LogP contribution in [-0.4, -0.2) is 38.2 Å². The molecule has 0 bridgehead atoms. The lowest BCUT2D eigenvalue weighted by atomic mass is 9.96. The highest BCUT2D eigenvalue weighted by molar-refractivity contribution is 6.22. The summed E-state index contributed by atoms with van der Waals surface area (Å²) in [5.74, 6) is 1.42. The van der Waals surface area contributed by atoms with Gasteiger partial charge in [-0.1, -0.05) is 231 Å². The van der Waals surface area contributed by atoms with E-state index in [1.165, 1.54) is 98.1 Å². The van der Waals surface area contributed by atoms with Gasteiger partial charge >= 0.3 is 0 Å². The van der Waals surface area contributed by atoms with E-state index in [1.807, 2.05) is 12.1 Å². The van der Waals surface area contributed by atoms with Crippen LogP contribution in [0, 0.1) is 0 Å². The van der Waals surface area contributed by atoms with Gasteiger partial charge in [0.1, 0.15) is 0 Å². The molecule has 0 fully saturated rings. The minimum Gasteiger partial charge on any atom is -0.316 e. The zero-order valence-corrected chi connectivity index (χ0v) is 55.2. The van der Waals surface area contributed by atoms with E-state index in [2.05, 4.69) is 370 Å². The van der Waals surface area contributed by atoms with E-state index < -0.39 is 0 Å². The molecule has 0 radical (unpaired) electrons. The molecule has 8 heteroatoms. The maximum Gasteiger partial charge on any atom is 0.160 e. The van der Waals surface area contributed by atoms with Gasteiger partial charge in [0.15, 0.2) is 11.6 Å². The summed E-state index contributed by atoms with van der Waals surface area (Å²) >= 11 is 0. The summed E-state index contributed by atoms with van der Waals surface area (Å²) < 4.78 is 9.37. The smallest absolute Gasteiger partial charge is 0.160 e. The van der Waals surface area contributed by atoms with Crippen LogP contribution in [0.25, 0.3) is 188 Å². The fourth-order valence-electron chi connectivity index (χ4n) is 15.6. The maximum absolute atomic E-state index is 5.23. The number of fused-ring (bicyclic) bond motifs is 14. The first-order valence-corrected chi connectivity index (χ1v) is 34.6. The van der Waals surface area contributed by atoms with Crippen LogP contribution in [0.1, 0.15) is 0 Å². The van der Waals surface area contributed by atoms with Gasteiger partial charge in [-0.2, -0.15) is 0 Å². The van der Waals surface area contributed by atoms with Gasteiger partial charge in [0, 0.05) is 100 Å². The van der Waals surface area contributed by atoms with Crippen LogP contribution in [0.4, 0.5) is 0 Å². The molecule has 21 rings (SSSR count). The van der Waals surface area contributed by atoms with Crippen molar-refractivity contribution in [1.82, 2.24) is 38.2 Å². The molecule has 6 aromatic heterocycles. The van der Waals surface area contributed by atoms with Crippen molar-refractivity contribution in [3.8, 4) is 79.2 Å². The molecule has 0 saturated carbocycles. The first kappa shape index (κ1) is 58.3. The molecule has 8 nitrogen and oxygen atoms in total. The van der Waals surface area contributed by atoms with Crippen molar-refractivity contribution in [3.63, 3.8) is 0 Å². The van der Waals surface area contributed by atoms with Crippen molar-refractivity contribution >= 4 is 109 Å². The molecule has 0 saturated heterocycles. The molecule has 102 heavy (non-hydrogen) atoms. The second-order valence-corrected chi connectivity index (χ2v) is 26.1. The standard InChI is InChI=1S/C50H32N4.C44H28N4/c1-2-13-38(14-3-1)53-32-31-36-27-30-46-47(49(36)53)43-17-7-9-20-45(43)54(46)39-28-25-37(26-29-39)50-51-44-19-8-6-16-42(44)48(52-50)35-23-21-34(22-24-35)41-18-10-12-33-11-4-5-15-40(33)41;1-2-13-32(14-3-1)47-28-27-30-23-26-40-41(43(30)47)37-17-7-9-20-39(37)48(40)33-24-21-31(22-25-33)44-45-38-19-8-6-16-36(38)42(46-44)35-18-10-12-29-11-4-5-15-34(29)35/h1-32H;1-28H. The highest BCUT2D eigenvalue weighted by Crippen LogP contribution is 2.43. The molecule has 0 aliphatic heterocycles. The van der Waals surface area contributed by atoms with Gasteiger partial charge in [0.2, 0.25) is 0 Å². The molecular formula is C94H60N8. The largest absolute Gasteiger partial charge is 0.316 e. The Morgan fingerprint density at radius 1 is 0.206 bits per heavy atom. The van der Waals surface area contributed by atoms with E-state index in [1.54, 1.807) is 0 Å². The number of benzene rings is 15. The number of hydrogen-bond acceptors (Lipinski definition) is 4. The molecule has 0 atom stereocenters. The molecule has 0 spiro atoms. The van der Waals surface area contributed by atoms with Crippen LogP contribution in [0.5, 0.6) is 0 Å². The SMILES string of the molecule is c1ccc(-n2ccc3ccc4c(c5ccccc5n4-c4ccc(-c5nc(-c6ccc(-c7cccc8ccccc78)cc6)c6ccccc6n5)cc4)c32)cc1.c1ccc(-n2ccc3ccc4c(c5ccccc5n4-c4ccc(-c5nc(-c6cccc7ccccc67)c6ccccc6n5)cc4)c32)cc1. The number of nitrogens with zero attached hydrogens (tertiary/aromatic N) is 8. The predicted molar refractivity (Wildman–Crippen MR) is 424 cm³/mol. The summed E-state index contributed by atoms with van der Waals surface area (Å²) in [5.41, 5.74) is 21.9. The van der Waals surface area contributed by atoms with Crippen molar-refractivity contribution in [2.45, 2.75) is 0 Å². The van der Waals surface area contributed by atoms with E-state index in [0.717, 1.165) is 78.2 Å². The predicted octanol–water partition coefficient (Wildman–Crippen LogP) is 24.0. The highest BCUT2D eigenvalue weighted by atomic mass is 15.0. The van der Waals surface area contributed by atoms with Gasteiger partial charge in [0.05, 0.1) is 55.5 Å². The molecule has 15 aromatic carbocycles. The fourth-order valence-corrected chi connectivity index (χ4v) is 15.6. The number of para-hydroxylation sites is 6. The summed E-state index contributed by atoms with van der Waals surface area (Å²) in [6.45, 7) is 0. The Labute approximate surface area is 586 Å². The lowest BCUT2D eigenvalue weighted by Crippen LogP contribution is -1.97. The minimum atomic E-state index is 0.706. The van der Waals surface area contributed by atoms with E-state index in [4.69, 9.17) is 19.9 Å². The van der Waals surface area contributed by atoms with Gasteiger partial charge in [-0.25, -0.2) is 19.9 Å². The Morgan fingerprint density at radius 2 is 0.588 bits per heavy atom. The Bertz CT molecular complexity index is 6830. The van der Waals surface area contributed by atoms with Gasteiger partial charge in [-0.05, 0) is 154 Å². The molecule has 6 heterocycles. The third kappa shape index (κ3) is 9.68. The summed E-state index contributed by atoms with van der Waals surface area (Å²) in [5, 5.41) is 14.4. The second kappa shape index (κ2) is 24.0. The van der Waals surface area contributed by atoms with E-state index in [-0.39, 0.29) is 0 Å². The molecule has 0 amide bonds. The van der Waals surface area contributed by atoms with Gasteiger partial charge < -0.3 is 18.3 Å². The van der Waals surface area contributed by atoms with Crippen molar-refractivity contribution in [2.24, 2.45) is 0 Å². The lowest BCUT2D eigenvalue weighted by molar-refractivity contribution is 1.13. The monoisotopic (exact) mass is 1300 g/mol. The Balaban J connectivity index is 0.000000138. The maximum atomic E-state index is 5.23. The summed E-state index contributed by atoms with van der Waals surface area (Å²) in [7, 11) is 0. The zero-order valence-electron chi connectivity index (χ0n) is 55.2. The topological polar surface area (TPSA) is 71.3 Å². The Hall–Kier alpha value is -13.8. The Morgan fingerprint density at radius 3 is 1.10 bits per heavy atom. The fraction of sp³-hybridized carbons (Fsp3) is 0. The summed E-state index contributed by atoms with van der Waals surface area (Å²) in [4.78, 5) is 20.6. The van der Waals surface area contributed by atoms with Crippen LogP contribution in [-0.2, 0) is 0 Å². The lowest BCUT2D eigenvalue weighted by Gasteiger charge is -2.12. The van der Waals surface area contributed by atoms with Crippen molar-refractivity contribution < 1.29 is 0 Å². The molecule has 0 unspecified atom stereocenters. The normalized spacial score (nSPS) is 11.7. The van der Waals surface area contributed by atoms with Crippen LogP contribution >= 0.6 is 0 Å². The van der Waals surface area contributed by atoms with Crippen molar-refractivity contribution in [3.05, 3.63) is 364 Å². The molecule has 0 aliphatic rings. The number of aromatic nitrogens is 8. The first-order valence-electron chi connectivity index (χ1n) is 34.6. The molecule has 476 valence electrons. The quantitative estimate of drug-likeness (QED) is 0.144. The molecular weight excluding hydrogens is 1240 g/mol.